The van der Waals surface area contributed by atoms with Gasteiger partial charge in [0.2, 0.25) is 5.91 Å². The number of alkyl carbamates (subject to hydrolysis) is 1. The maximum Gasteiger partial charge on any atom is 0.408 e. The Morgan fingerprint density at radius 2 is 2.00 bits per heavy atom. The lowest BCUT2D eigenvalue weighted by Crippen LogP contribution is -2.35. The number of rotatable bonds is 4. The van der Waals surface area contributed by atoms with Gasteiger partial charge >= 0.3 is 6.09 Å². The van der Waals surface area contributed by atoms with Gasteiger partial charge in [-0.05, 0) is 34.6 Å². The summed E-state index contributed by atoms with van der Waals surface area (Å²) in [5.41, 5.74) is 5.40. The zero-order valence-electron chi connectivity index (χ0n) is 12.5. The van der Waals surface area contributed by atoms with E-state index in [-0.39, 0.29) is 6.04 Å². The minimum atomic E-state index is -0.565. The summed E-state index contributed by atoms with van der Waals surface area (Å²) in [5, 5.41) is 2.70. The molecule has 0 aromatic carbocycles. The second kappa shape index (κ2) is 5.94. The first-order chi connectivity index (χ1) is 9.11. The van der Waals surface area contributed by atoms with Gasteiger partial charge in [0.25, 0.3) is 0 Å². The topological polar surface area (TPSA) is 99.2 Å². The summed E-state index contributed by atoms with van der Waals surface area (Å²) in [5.74, 6) is -0.464. The van der Waals surface area contributed by atoms with Crippen molar-refractivity contribution in [3.63, 3.8) is 0 Å². The van der Waals surface area contributed by atoms with E-state index in [1.54, 1.807) is 45.4 Å². The summed E-state index contributed by atoms with van der Waals surface area (Å²) in [6.45, 7) is 8.82. The zero-order chi connectivity index (χ0) is 15.5. The van der Waals surface area contributed by atoms with Gasteiger partial charge < -0.3 is 20.4 Å². The van der Waals surface area contributed by atoms with Crippen molar-refractivity contribution in [3.05, 3.63) is 18.2 Å². The first-order valence-electron chi connectivity index (χ1n) is 6.42. The molecule has 0 radical (unpaired) electrons. The van der Waals surface area contributed by atoms with Crippen LogP contribution in [-0.2, 0) is 9.53 Å². The Hall–Kier alpha value is -2.05. The molecule has 1 rings (SSSR count). The largest absolute Gasteiger partial charge is 0.444 e. The van der Waals surface area contributed by atoms with Crippen molar-refractivity contribution in [1.29, 1.82) is 0 Å². The van der Waals surface area contributed by atoms with Crippen LogP contribution in [0.25, 0.3) is 0 Å². The third-order valence-electron chi connectivity index (χ3n) is 2.70. The Labute approximate surface area is 118 Å². The highest BCUT2D eigenvalue weighted by molar-refractivity contribution is 5.78. The molecule has 0 aliphatic heterocycles. The van der Waals surface area contributed by atoms with Crippen LogP contribution in [0.15, 0.2) is 12.5 Å². The lowest BCUT2D eigenvalue weighted by molar-refractivity contribution is -0.120. The molecular weight excluding hydrogens is 260 g/mol. The molecule has 0 aliphatic rings. The molecular formula is C13H22N4O3. The number of primary amides is 1. The second-order valence-electron chi connectivity index (χ2n) is 5.67. The van der Waals surface area contributed by atoms with Crippen LogP contribution in [0, 0.1) is 0 Å². The summed E-state index contributed by atoms with van der Waals surface area (Å²) in [4.78, 5) is 27.0. The zero-order valence-corrected chi connectivity index (χ0v) is 12.5. The van der Waals surface area contributed by atoms with Crippen molar-refractivity contribution in [2.45, 2.75) is 52.3 Å². The molecule has 1 unspecified atom stereocenters. The minimum absolute atomic E-state index is 0.353. The number of carbonyl (C=O) groups excluding carboxylic acids is 2. The predicted octanol–water partition coefficient (Wildman–Crippen LogP) is 1.52. The van der Waals surface area contributed by atoms with Crippen molar-refractivity contribution < 1.29 is 14.3 Å². The van der Waals surface area contributed by atoms with E-state index in [1.807, 2.05) is 0 Å². The van der Waals surface area contributed by atoms with Crippen molar-refractivity contribution >= 4 is 12.0 Å². The van der Waals surface area contributed by atoms with Gasteiger partial charge in [0.15, 0.2) is 0 Å². The first kappa shape index (κ1) is 16.0. The molecule has 0 saturated carbocycles. The van der Waals surface area contributed by atoms with Gasteiger partial charge in [0.1, 0.15) is 11.6 Å². The van der Waals surface area contributed by atoms with Crippen LogP contribution in [0.2, 0.25) is 0 Å². The van der Waals surface area contributed by atoms with Crippen molar-refractivity contribution in [2.75, 3.05) is 0 Å². The van der Waals surface area contributed by atoms with E-state index in [9.17, 15) is 9.59 Å². The number of hydrogen-bond acceptors (Lipinski definition) is 4. The van der Waals surface area contributed by atoms with Gasteiger partial charge in [-0.3, -0.25) is 4.79 Å². The quantitative estimate of drug-likeness (QED) is 0.874. The third kappa shape index (κ3) is 4.25. The van der Waals surface area contributed by atoms with Gasteiger partial charge in [-0.15, -0.1) is 0 Å². The number of carbonyl (C=O) groups is 2. The van der Waals surface area contributed by atoms with Gasteiger partial charge in [0, 0.05) is 0 Å². The maximum absolute atomic E-state index is 11.7. The molecule has 2 amide bonds. The lowest BCUT2D eigenvalue weighted by Gasteiger charge is -2.23. The molecule has 2 atom stereocenters. The van der Waals surface area contributed by atoms with Gasteiger partial charge in [-0.25, -0.2) is 9.78 Å². The summed E-state index contributed by atoms with van der Waals surface area (Å²) in [7, 11) is 0. The molecule has 0 bridgehead atoms. The number of hydrogen-bond donors (Lipinski definition) is 2. The summed E-state index contributed by atoms with van der Waals surface area (Å²) in [6.07, 6.45) is 2.57. The summed E-state index contributed by atoms with van der Waals surface area (Å²) in [6, 6.07) is -0.885. The van der Waals surface area contributed by atoms with Crippen LogP contribution in [0.4, 0.5) is 4.79 Å². The average Bonchev–Trinajstić information content (AvgIpc) is 2.73. The molecule has 0 fully saturated rings. The van der Waals surface area contributed by atoms with Gasteiger partial charge in [-0.1, -0.05) is 0 Å². The fourth-order valence-electron chi connectivity index (χ4n) is 1.67. The van der Waals surface area contributed by atoms with Crippen molar-refractivity contribution in [3.8, 4) is 0 Å². The average molecular weight is 282 g/mol. The molecule has 7 heteroatoms. The highest BCUT2D eigenvalue weighted by atomic mass is 16.6. The molecule has 0 spiro atoms. The Kier molecular flexibility index (Phi) is 4.75. The Morgan fingerprint density at radius 3 is 2.50 bits per heavy atom. The van der Waals surface area contributed by atoms with Crippen LogP contribution in [0.5, 0.6) is 0 Å². The van der Waals surface area contributed by atoms with Crippen LogP contribution < -0.4 is 11.1 Å². The number of ether oxygens (including phenoxy) is 1. The Bertz CT molecular complexity index is 490. The molecule has 1 heterocycles. The number of nitrogens with two attached hydrogens (primary N) is 1. The molecule has 20 heavy (non-hydrogen) atoms. The Morgan fingerprint density at radius 1 is 1.40 bits per heavy atom. The van der Waals surface area contributed by atoms with E-state index in [4.69, 9.17) is 10.5 Å². The fraction of sp³-hybridized carbons (Fsp3) is 0.615. The maximum atomic E-state index is 11.7. The number of amides is 2. The first-order valence-corrected chi connectivity index (χ1v) is 6.42. The van der Waals surface area contributed by atoms with E-state index >= 15 is 0 Å². The van der Waals surface area contributed by atoms with Crippen molar-refractivity contribution in [2.24, 2.45) is 5.73 Å². The minimum Gasteiger partial charge on any atom is -0.444 e. The number of nitrogens with one attached hydrogen (secondary N) is 1. The molecule has 1 aromatic heterocycles. The standard InChI is InChI=1S/C13H22N4O3/c1-8(16-12(19)20-13(3,4)5)10-6-15-7-17(10)9(2)11(14)18/h6-9H,1-5H3,(H2,14,18)(H,16,19)/t8-,9?/m0/s1. The van der Waals surface area contributed by atoms with Crippen molar-refractivity contribution in [1.82, 2.24) is 14.9 Å². The number of nitrogens with zero attached hydrogens (tertiary/aromatic N) is 2. The molecule has 0 saturated heterocycles. The normalized spacial score (nSPS) is 14.4. The predicted molar refractivity (Wildman–Crippen MR) is 73.9 cm³/mol. The SMILES string of the molecule is CC(C(N)=O)n1cncc1[C@H](C)NC(=O)OC(C)(C)C. The van der Waals surface area contributed by atoms with Crippen LogP contribution >= 0.6 is 0 Å². The molecule has 7 nitrogen and oxygen atoms in total. The lowest BCUT2D eigenvalue weighted by atomic mass is 10.2. The molecule has 3 N–H and O–H groups in total. The van der Waals surface area contributed by atoms with E-state index in [0.717, 1.165) is 0 Å². The van der Waals surface area contributed by atoms with Gasteiger partial charge in [0.05, 0.1) is 24.3 Å². The van der Waals surface area contributed by atoms with Crippen LogP contribution in [0.3, 0.4) is 0 Å². The molecule has 1 aromatic rings. The number of aromatic nitrogens is 2. The summed E-state index contributed by atoms with van der Waals surface area (Å²) >= 11 is 0. The van der Waals surface area contributed by atoms with E-state index in [1.165, 1.54) is 6.33 Å². The second-order valence-corrected chi connectivity index (χ2v) is 5.67. The van der Waals surface area contributed by atoms with Gasteiger partial charge in [-0.2, -0.15) is 0 Å². The highest BCUT2D eigenvalue weighted by Gasteiger charge is 2.22. The monoisotopic (exact) mass is 282 g/mol. The molecule has 0 aliphatic carbocycles. The summed E-state index contributed by atoms with van der Waals surface area (Å²) < 4.78 is 6.81. The third-order valence-corrected chi connectivity index (χ3v) is 2.70. The van der Waals surface area contributed by atoms with E-state index in [2.05, 4.69) is 10.3 Å². The Balaban J connectivity index is 2.79. The number of imidazole rings is 1. The fourth-order valence-corrected chi connectivity index (χ4v) is 1.67. The van der Waals surface area contributed by atoms with E-state index < -0.39 is 23.6 Å². The smallest absolute Gasteiger partial charge is 0.408 e. The van der Waals surface area contributed by atoms with Crippen LogP contribution in [0.1, 0.15) is 52.4 Å². The highest BCUT2D eigenvalue weighted by Crippen LogP contribution is 2.17. The van der Waals surface area contributed by atoms with E-state index in [0.29, 0.717) is 5.69 Å². The van der Waals surface area contributed by atoms with Crippen LogP contribution in [-0.4, -0.2) is 27.2 Å². The molecule has 112 valence electrons.